The molecule has 0 unspecified atom stereocenters. The Morgan fingerprint density at radius 3 is 2.41 bits per heavy atom. The predicted molar refractivity (Wildman–Crippen MR) is 147 cm³/mol. The van der Waals surface area contributed by atoms with Crippen LogP contribution >= 0.6 is 12.6 Å². The first-order valence-electron chi connectivity index (χ1n) is 12.3. The molecular formula is C27H31N7O2S. The first kappa shape index (κ1) is 26.1. The van der Waals surface area contributed by atoms with Gasteiger partial charge < -0.3 is 19.7 Å². The molecule has 1 aliphatic heterocycles. The van der Waals surface area contributed by atoms with Crippen LogP contribution in [0.1, 0.15) is 30.2 Å². The van der Waals surface area contributed by atoms with Crippen molar-refractivity contribution < 1.29 is 9.59 Å². The Morgan fingerprint density at radius 2 is 1.78 bits per heavy atom. The number of nitriles is 1. The second kappa shape index (κ2) is 12.3. The maximum atomic E-state index is 13.2. The molecule has 9 nitrogen and oxygen atoms in total. The molecule has 3 amide bonds. The van der Waals surface area contributed by atoms with Crippen molar-refractivity contribution in [1.82, 2.24) is 19.8 Å². The summed E-state index contributed by atoms with van der Waals surface area (Å²) in [6.07, 6.45) is 4.38. The molecule has 3 aromatic rings. The Hall–Kier alpha value is -3.97. The van der Waals surface area contributed by atoms with Crippen LogP contribution in [0.15, 0.2) is 61.1 Å². The number of thiol groups is 1. The van der Waals surface area contributed by atoms with Gasteiger partial charge in [-0.1, -0.05) is 31.7 Å². The highest BCUT2D eigenvalue weighted by Crippen LogP contribution is 2.24. The number of urea groups is 1. The van der Waals surface area contributed by atoms with Gasteiger partial charge in [-0.25, -0.2) is 9.78 Å². The lowest BCUT2D eigenvalue weighted by Gasteiger charge is -2.35. The summed E-state index contributed by atoms with van der Waals surface area (Å²) in [4.78, 5) is 34.7. The summed E-state index contributed by atoms with van der Waals surface area (Å²) in [6.45, 7) is 6.30. The second-order valence-electron chi connectivity index (χ2n) is 8.91. The van der Waals surface area contributed by atoms with Gasteiger partial charge in [0.25, 0.3) is 5.24 Å². The van der Waals surface area contributed by atoms with Crippen LogP contribution in [0.3, 0.4) is 0 Å². The van der Waals surface area contributed by atoms with Crippen molar-refractivity contribution in [2.75, 3.05) is 42.5 Å². The fourth-order valence-corrected chi connectivity index (χ4v) is 4.47. The number of carbonyl (C=O) groups is 2. The zero-order valence-corrected chi connectivity index (χ0v) is 21.8. The van der Waals surface area contributed by atoms with Crippen LogP contribution in [0, 0.1) is 11.3 Å². The van der Waals surface area contributed by atoms with Crippen molar-refractivity contribution in [2.45, 2.75) is 26.4 Å². The Morgan fingerprint density at radius 1 is 1.08 bits per heavy atom. The van der Waals surface area contributed by atoms with Crippen LogP contribution < -0.4 is 15.1 Å². The summed E-state index contributed by atoms with van der Waals surface area (Å²) in [5, 5.41) is 11.8. The monoisotopic (exact) mass is 517 g/mol. The van der Waals surface area contributed by atoms with Crippen molar-refractivity contribution in [2.24, 2.45) is 0 Å². The smallest absolute Gasteiger partial charge is 0.322 e. The van der Waals surface area contributed by atoms with Gasteiger partial charge in [0.05, 0.1) is 30.2 Å². The number of carbonyl (C=O) groups excluding carboxylic acids is 2. The highest BCUT2D eigenvalue weighted by Gasteiger charge is 2.21. The largest absolute Gasteiger partial charge is 0.368 e. The van der Waals surface area contributed by atoms with Gasteiger partial charge in [0, 0.05) is 56.8 Å². The molecule has 2 heterocycles. The highest BCUT2D eigenvalue weighted by atomic mass is 32.1. The lowest BCUT2D eigenvalue weighted by Crippen LogP contribution is -2.47. The fourth-order valence-electron chi connectivity index (χ4n) is 4.27. The molecule has 37 heavy (non-hydrogen) atoms. The number of benzene rings is 2. The molecule has 1 fully saturated rings. The Bertz CT molecular complexity index is 1240. The number of nitrogens with one attached hydrogen (secondary N) is 1. The average Bonchev–Trinajstić information content (AvgIpc) is 3.37. The summed E-state index contributed by atoms with van der Waals surface area (Å²) in [6, 6.07) is 17.4. The van der Waals surface area contributed by atoms with E-state index in [1.54, 1.807) is 34.5 Å². The number of aromatic nitrogens is 2. The van der Waals surface area contributed by atoms with Crippen molar-refractivity contribution >= 4 is 35.3 Å². The Kier molecular flexibility index (Phi) is 8.69. The third-order valence-corrected chi connectivity index (χ3v) is 6.69. The van der Waals surface area contributed by atoms with Crippen molar-refractivity contribution in [3.8, 4) is 6.07 Å². The molecule has 0 radical (unpaired) electrons. The minimum Gasteiger partial charge on any atom is -0.368 e. The molecule has 1 aromatic heterocycles. The molecule has 4 rings (SSSR count). The lowest BCUT2D eigenvalue weighted by atomic mass is 10.1. The van der Waals surface area contributed by atoms with Crippen molar-refractivity contribution in [3.05, 3.63) is 77.9 Å². The number of imidazole rings is 1. The summed E-state index contributed by atoms with van der Waals surface area (Å²) in [5.74, 6) is 0. The molecule has 1 saturated heterocycles. The van der Waals surface area contributed by atoms with E-state index in [9.17, 15) is 9.59 Å². The van der Waals surface area contributed by atoms with E-state index in [0.29, 0.717) is 38.3 Å². The zero-order valence-electron chi connectivity index (χ0n) is 20.9. The quantitative estimate of drug-likeness (QED) is 0.439. The molecular weight excluding hydrogens is 486 g/mol. The molecule has 2 aromatic carbocycles. The number of amides is 3. The first-order valence-corrected chi connectivity index (χ1v) is 12.8. The molecule has 10 heteroatoms. The van der Waals surface area contributed by atoms with E-state index >= 15 is 0 Å². The minimum atomic E-state index is -0.192. The molecule has 1 aliphatic rings. The van der Waals surface area contributed by atoms with E-state index in [-0.39, 0.29) is 11.3 Å². The van der Waals surface area contributed by atoms with E-state index in [1.165, 1.54) is 0 Å². The number of nitrogens with zero attached hydrogens (tertiary/aromatic N) is 6. The van der Waals surface area contributed by atoms with E-state index in [1.807, 2.05) is 47.9 Å². The number of hydrogen-bond acceptors (Lipinski definition) is 5. The van der Waals surface area contributed by atoms with Crippen molar-refractivity contribution in [3.63, 3.8) is 0 Å². The number of anilines is 2. The summed E-state index contributed by atoms with van der Waals surface area (Å²) >= 11 is 3.92. The Balaban J connectivity index is 1.50. The third kappa shape index (κ3) is 6.62. The van der Waals surface area contributed by atoms with Gasteiger partial charge in [0.2, 0.25) is 0 Å². The molecule has 0 spiro atoms. The van der Waals surface area contributed by atoms with E-state index in [2.05, 4.69) is 33.9 Å². The van der Waals surface area contributed by atoms with Crippen LogP contribution in [0.2, 0.25) is 0 Å². The van der Waals surface area contributed by atoms with Gasteiger partial charge in [0.15, 0.2) is 0 Å². The molecule has 0 atom stereocenters. The average molecular weight is 518 g/mol. The summed E-state index contributed by atoms with van der Waals surface area (Å²) in [5.41, 5.74) is 4.40. The van der Waals surface area contributed by atoms with Crippen LogP contribution in [-0.2, 0) is 13.1 Å². The standard InChI is InChI=1S/C27H31N7O2S/c1-2-11-30-26(35)34(19-25-17-29-20-33(25)18-22-5-3-21(16-28)4-6-22)24-9-7-23(8-10-24)31-12-14-32(15-13-31)27(36)37/h3-10,17,20H,2,11-15,18-19H2,1H3,(H,30,35)(H,36,37). The SMILES string of the molecule is CCCNC(=O)N(Cc1cncn1Cc1ccc(C#N)cc1)c1ccc(N2CCN(C(=O)S)CC2)cc1. The molecule has 1 N–H and O–H groups in total. The van der Waals surface area contributed by atoms with Crippen LogP contribution in [-0.4, -0.2) is 58.4 Å². The van der Waals surface area contributed by atoms with E-state index in [4.69, 9.17) is 5.26 Å². The van der Waals surface area contributed by atoms with Gasteiger partial charge in [-0.05, 0) is 48.4 Å². The minimum absolute atomic E-state index is 0.165. The van der Waals surface area contributed by atoms with E-state index in [0.717, 1.165) is 42.1 Å². The third-order valence-electron chi connectivity index (χ3n) is 6.40. The van der Waals surface area contributed by atoms with Crippen LogP contribution in [0.4, 0.5) is 21.0 Å². The van der Waals surface area contributed by atoms with Crippen molar-refractivity contribution in [1.29, 1.82) is 5.26 Å². The van der Waals surface area contributed by atoms with Crippen LogP contribution in [0.25, 0.3) is 0 Å². The van der Waals surface area contributed by atoms with Gasteiger partial charge >= 0.3 is 6.03 Å². The molecule has 0 saturated carbocycles. The summed E-state index contributed by atoms with van der Waals surface area (Å²) in [7, 11) is 0. The lowest BCUT2D eigenvalue weighted by molar-refractivity contribution is 0.220. The van der Waals surface area contributed by atoms with Gasteiger partial charge in [-0.3, -0.25) is 9.69 Å². The predicted octanol–water partition coefficient (Wildman–Crippen LogP) is 4.10. The first-order chi connectivity index (χ1) is 18.0. The highest BCUT2D eigenvalue weighted by molar-refractivity contribution is 7.96. The normalized spacial score (nSPS) is 13.2. The molecule has 0 aliphatic carbocycles. The van der Waals surface area contributed by atoms with Crippen LogP contribution in [0.5, 0.6) is 0 Å². The van der Waals surface area contributed by atoms with Gasteiger partial charge in [-0.2, -0.15) is 5.26 Å². The zero-order chi connectivity index (χ0) is 26.2. The molecule has 192 valence electrons. The number of piperazine rings is 1. The maximum Gasteiger partial charge on any atom is 0.322 e. The number of hydrogen-bond donors (Lipinski definition) is 2. The second-order valence-corrected chi connectivity index (χ2v) is 9.30. The van der Waals surface area contributed by atoms with Gasteiger partial charge in [0.1, 0.15) is 0 Å². The van der Waals surface area contributed by atoms with E-state index < -0.39 is 0 Å². The number of rotatable bonds is 8. The topological polar surface area (TPSA) is 97.5 Å². The van der Waals surface area contributed by atoms with Gasteiger partial charge in [-0.15, -0.1) is 0 Å². The molecule has 0 bridgehead atoms. The summed E-state index contributed by atoms with van der Waals surface area (Å²) < 4.78 is 2.01. The maximum absolute atomic E-state index is 13.2. The fraction of sp³-hybridized carbons (Fsp3) is 0.333. The Labute approximate surface area is 222 Å².